The van der Waals surface area contributed by atoms with Crippen LogP contribution in [0.4, 0.5) is 13.2 Å². The zero-order chi connectivity index (χ0) is 14.6. The van der Waals surface area contributed by atoms with Crippen LogP contribution >= 0.6 is 0 Å². The van der Waals surface area contributed by atoms with E-state index in [1.807, 2.05) is 0 Å². The highest BCUT2D eigenvalue weighted by atomic mass is 19.4. The van der Waals surface area contributed by atoms with Crippen LogP contribution in [0, 0.1) is 0 Å². The molecular weight excluding hydrogens is 265 g/mol. The van der Waals surface area contributed by atoms with Crippen molar-refractivity contribution in [2.75, 3.05) is 6.61 Å². The largest absolute Gasteiger partial charge is 0.455 e. The fourth-order valence-electron chi connectivity index (χ4n) is 1.19. The molecule has 0 spiro atoms. The number of Topliss-reactive ketones (excluding diaryl/α,β-unsaturated/α-hetero) is 1. The normalized spacial score (nSPS) is 12.9. The molecular formula is C12H11F3O4. The zero-order valence-corrected chi connectivity index (χ0v) is 9.90. The molecule has 4 nitrogen and oxygen atoms in total. The molecule has 0 radical (unpaired) electrons. The molecule has 0 heterocycles. The van der Waals surface area contributed by atoms with Crippen molar-refractivity contribution in [3.63, 3.8) is 0 Å². The summed E-state index contributed by atoms with van der Waals surface area (Å²) in [6, 6.07) is 3.54. The van der Waals surface area contributed by atoms with E-state index in [0.29, 0.717) is 0 Å². The molecule has 0 saturated carbocycles. The molecule has 1 N–H and O–H groups in total. The van der Waals surface area contributed by atoms with Crippen LogP contribution in [0.15, 0.2) is 24.3 Å². The second kappa shape index (κ2) is 5.83. The Labute approximate surface area is 106 Å². The number of aliphatic hydroxyl groups excluding tert-OH is 1. The van der Waals surface area contributed by atoms with Crippen molar-refractivity contribution in [2.24, 2.45) is 0 Å². The Bertz CT molecular complexity index is 463. The maximum absolute atomic E-state index is 12.3. The number of rotatable bonds is 4. The van der Waals surface area contributed by atoms with E-state index in [2.05, 4.69) is 4.74 Å². The summed E-state index contributed by atoms with van der Waals surface area (Å²) >= 11 is 0. The van der Waals surface area contributed by atoms with Gasteiger partial charge in [-0.2, -0.15) is 13.2 Å². The number of esters is 1. The topological polar surface area (TPSA) is 63.6 Å². The van der Waals surface area contributed by atoms with E-state index in [9.17, 15) is 22.8 Å². The fourth-order valence-corrected chi connectivity index (χ4v) is 1.19. The first kappa shape index (κ1) is 15.2. The monoisotopic (exact) mass is 276 g/mol. The second-order valence-corrected chi connectivity index (χ2v) is 3.78. The molecule has 0 bridgehead atoms. The molecule has 104 valence electrons. The van der Waals surface area contributed by atoms with Crippen molar-refractivity contribution in [1.82, 2.24) is 0 Å². The van der Waals surface area contributed by atoms with E-state index in [1.54, 1.807) is 0 Å². The van der Waals surface area contributed by atoms with Crippen LogP contribution < -0.4 is 0 Å². The predicted octanol–water partition coefficient (Wildman–Crippen LogP) is 1.81. The number of aliphatic hydroxyl groups is 1. The van der Waals surface area contributed by atoms with Crippen LogP contribution in [0.2, 0.25) is 0 Å². The molecule has 0 saturated heterocycles. The quantitative estimate of drug-likeness (QED) is 0.673. The van der Waals surface area contributed by atoms with Crippen molar-refractivity contribution in [3.8, 4) is 0 Å². The van der Waals surface area contributed by atoms with Gasteiger partial charge in [0.25, 0.3) is 0 Å². The third-order valence-electron chi connectivity index (χ3n) is 2.22. The number of alkyl halides is 3. The first-order chi connectivity index (χ1) is 8.71. The highest BCUT2D eigenvalue weighted by Gasteiger charge is 2.30. The molecule has 0 aliphatic heterocycles. The van der Waals surface area contributed by atoms with Crippen LogP contribution in [0.5, 0.6) is 0 Å². The lowest BCUT2D eigenvalue weighted by Crippen LogP contribution is -2.22. The van der Waals surface area contributed by atoms with Crippen molar-refractivity contribution in [3.05, 3.63) is 35.4 Å². The second-order valence-electron chi connectivity index (χ2n) is 3.78. The smallest absolute Gasteiger partial charge is 0.416 e. The summed E-state index contributed by atoms with van der Waals surface area (Å²) in [7, 11) is 0. The minimum Gasteiger partial charge on any atom is -0.455 e. The number of ether oxygens (including phenoxy) is 1. The van der Waals surface area contributed by atoms with E-state index < -0.39 is 36.2 Å². The molecule has 1 rings (SSSR count). The number of benzene rings is 1. The average molecular weight is 276 g/mol. The van der Waals surface area contributed by atoms with Gasteiger partial charge in [0.2, 0.25) is 0 Å². The highest BCUT2D eigenvalue weighted by Crippen LogP contribution is 2.29. The molecule has 19 heavy (non-hydrogen) atoms. The van der Waals surface area contributed by atoms with E-state index in [0.717, 1.165) is 24.3 Å². The molecule has 0 aliphatic carbocycles. The van der Waals surface area contributed by atoms with Crippen LogP contribution in [0.25, 0.3) is 0 Å². The van der Waals surface area contributed by atoms with E-state index in [4.69, 9.17) is 5.11 Å². The first-order valence-electron chi connectivity index (χ1n) is 5.27. The summed E-state index contributed by atoms with van der Waals surface area (Å²) in [5, 5.41) is 8.82. The fraction of sp³-hybridized carbons (Fsp3) is 0.333. The van der Waals surface area contributed by atoms with Gasteiger partial charge in [0.05, 0.1) is 5.56 Å². The highest BCUT2D eigenvalue weighted by molar-refractivity contribution is 5.98. The lowest BCUT2D eigenvalue weighted by atomic mass is 10.1. The Hall–Kier alpha value is -1.89. The van der Waals surface area contributed by atoms with Crippen molar-refractivity contribution in [1.29, 1.82) is 0 Å². The molecule has 1 aromatic rings. The molecule has 0 amide bonds. The summed E-state index contributed by atoms with van der Waals surface area (Å²) in [6.45, 7) is 0.542. The SMILES string of the molecule is CC(O)C(=O)OCC(=O)c1ccc(C(F)(F)F)cc1. The van der Waals surface area contributed by atoms with Crippen LogP contribution in [0.3, 0.4) is 0 Å². The Kier molecular flexibility index (Phi) is 4.66. The van der Waals surface area contributed by atoms with E-state index in [-0.39, 0.29) is 5.56 Å². The molecule has 1 atom stereocenters. The van der Waals surface area contributed by atoms with Gasteiger partial charge >= 0.3 is 12.1 Å². The molecule has 7 heteroatoms. The van der Waals surface area contributed by atoms with Gasteiger partial charge in [-0.1, -0.05) is 12.1 Å². The number of hydrogen-bond acceptors (Lipinski definition) is 4. The van der Waals surface area contributed by atoms with Gasteiger partial charge in [0, 0.05) is 5.56 Å². The van der Waals surface area contributed by atoms with Crippen molar-refractivity contribution in [2.45, 2.75) is 19.2 Å². The van der Waals surface area contributed by atoms with Gasteiger partial charge < -0.3 is 9.84 Å². The Balaban J connectivity index is 2.66. The summed E-state index contributed by atoms with van der Waals surface area (Å²) in [5.41, 5.74) is -0.878. The summed E-state index contributed by atoms with van der Waals surface area (Å²) < 4.78 is 41.3. The van der Waals surface area contributed by atoms with Gasteiger partial charge in [-0.15, -0.1) is 0 Å². The third kappa shape index (κ3) is 4.36. The van der Waals surface area contributed by atoms with Crippen LogP contribution in [0.1, 0.15) is 22.8 Å². The van der Waals surface area contributed by atoms with Gasteiger partial charge in [0.1, 0.15) is 6.10 Å². The molecule has 0 fully saturated rings. The van der Waals surface area contributed by atoms with Crippen LogP contribution in [-0.4, -0.2) is 29.6 Å². The number of halogens is 3. The standard InChI is InChI=1S/C12H11F3O4/c1-7(16)11(18)19-6-10(17)8-2-4-9(5-3-8)12(13,14)15/h2-5,7,16H,6H2,1H3. The van der Waals surface area contributed by atoms with Crippen molar-refractivity contribution < 1.29 is 32.6 Å². The van der Waals surface area contributed by atoms with Gasteiger partial charge in [-0.3, -0.25) is 4.79 Å². The Morgan fingerprint density at radius 2 is 1.79 bits per heavy atom. The maximum atomic E-state index is 12.3. The van der Waals surface area contributed by atoms with Crippen LogP contribution in [-0.2, 0) is 15.7 Å². The summed E-state index contributed by atoms with van der Waals surface area (Å²) in [5.74, 6) is -1.62. The molecule has 1 unspecified atom stereocenters. The number of hydrogen-bond donors (Lipinski definition) is 1. The number of carbonyl (C=O) groups is 2. The number of ketones is 1. The minimum absolute atomic E-state index is 0.00797. The first-order valence-corrected chi connectivity index (χ1v) is 5.27. The zero-order valence-electron chi connectivity index (χ0n) is 9.90. The van der Waals surface area contributed by atoms with E-state index >= 15 is 0 Å². The Morgan fingerprint density at radius 1 is 1.26 bits per heavy atom. The molecule has 1 aromatic carbocycles. The summed E-state index contributed by atoms with van der Waals surface area (Å²) in [6.07, 6.45) is -5.83. The maximum Gasteiger partial charge on any atom is 0.416 e. The predicted molar refractivity (Wildman–Crippen MR) is 58.4 cm³/mol. The Morgan fingerprint density at radius 3 is 2.21 bits per heavy atom. The lowest BCUT2D eigenvalue weighted by molar-refractivity contribution is -0.151. The number of carbonyl (C=O) groups excluding carboxylic acids is 2. The molecule has 0 aromatic heterocycles. The van der Waals surface area contributed by atoms with Crippen molar-refractivity contribution >= 4 is 11.8 Å². The third-order valence-corrected chi connectivity index (χ3v) is 2.22. The molecule has 0 aliphatic rings. The average Bonchev–Trinajstić information content (AvgIpc) is 2.34. The van der Waals surface area contributed by atoms with E-state index in [1.165, 1.54) is 6.92 Å². The summed E-state index contributed by atoms with van der Waals surface area (Å²) in [4.78, 5) is 22.4. The van der Waals surface area contributed by atoms with Gasteiger partial charge in [-0.05, 0) is 19.1 Å². The minimum atomic E-state index is -4.47. The van der Waals surface area contributed by atoms with Gasteiger partial charge in [-0.25, -0.2) is 4.79 Å². The lowest BCUT2D eigenvalue weighted by Gasteiger charge is -2.08. The van der Waals surface area contributed by atoms with Gasteiger partial charge in [0.15, 0.2) is 12.4 Å².